The van der Waals surface area contributed by atoms with Crippen molar-refractivity contribution in [3.8, 4) is 5.75 Å². The molecular weight excluding hydrogens is 346 g/mol. The van der Waals surface area contributed by atoms with E-state index in [4.69, 9.17) is 9.15 Å². The number of ether oxygens (including phenoxy) is 1. The largest absolute Gasteiger partial charge is 0.497 e. The van der Waals surface area contributed by atoms with Crippen LogP contribution in [0.25, 0.3) is 11.0 Å². The van der Waals surface area contributed by atoms with E-state index in [1.54, 1.807) is 25.3 Å². The van der Waals surface area contributed by atoms with E-state index in [2.05, 4.69) is 21.7 Å². The Bertz CT molecular complexity index is 869. The second kappa shape index (κ2) is 8.83. The molecule has 2 aromatic rings. The minimum absolute atomic E-state index is 0.0176. The van der Waals surface area contributed by atoms with Crippen molar-refractivity contribution in [2.75, 3.05) is 46.4 Å². The van der Waals surface area contributed by atoms with Crippen LogP contribution in [0.4, 0.5) is 0 Å². The normalized spacial score (nSPS) is 15.6. The van der Waals surface area contributed by atoms with Gasteiger partial charge in [-0.15, -0.1) is 6.58 Å². The summed E-state index contributed by atoms with van der Waals surface area (Å²) in [6, 6.07) is 7.09. The Morgan fingerprint density at radius 1 is 1.26 bits per heavy atom. The molecule has 0 bridgehead atoms. The Morgan fingerprint density at radius 3 is 2.70 bits per heavy atom. The first-order valence-corrected chi connectivity index (χ1v) is 9.02. The van der Waals surface area contributed by atoms with Crippen LogP contribution in [0.15, 0.2) is 46.1 Å². The van der Waals surface area contributed by atoms with E-state index >= 15 is 0 Å². The zero-order valence-corrected chi connectivity index (χ0v) is 15.6. The van der Waals surface area contributed by atoms with Crippen LogP contribution in [0, 0.1) is 0 Å². The van der Waals surface area contributed by atoms with Gasteiger partial charge in [0.15, 0.2) is 0 Å². The fourth-order valence-electron chi connectivity index (χ4n) is 3.26. The SMILES string of the molecule is C=CCNC(=O)CN1CCN(Cc2cc(=O)oc3cc(OC)ccc23)CC1. The topological polar surface area (TPSA) is 75.0 Å². The Kier molecular flexibility index (Phi) is 6.26. The first-order chi connectivity index (χ1) is 13.1. The zero-order chi connectivity index (χ0) is 19.2. The number of nitrogens with one attached hydrogen (secondary N) is 1. The number of methoxy groups -OCH3 is 1. The van der Waals surface area contributed by atoms with Gasteiger partial charge in [0, 0.05) is 56.8 Å². The summed E-state index contributed by atoms with van der Waals surface area (Å²) in [5.41, 5.74) is 1.12. The molecular formula is C20H25N3O4. The van der Waals surface area contributed by atoms with E-state index in [0.717, 1.165) is 37.1 Å². The molecule has 3 rings (SSSR count). The highest BCUT2D eigenvalue weighted by molar-refractivity contribution is 5.81. The third-order valence-corrected chi connectivity index (χ3v) is 4.71. The van der Waals surface area contributed by atoms with E-state index < -0.39 is 0 Å². The summed E-state index contributed by atoms with van der Waals surface area (Å²) in [5.74, 6) is 0.676. The fourth-order valence-corrected chi connectivity index (χ4v) is 3.26. The van der Waals surface area contributed by atoms with E-state index in [1.165, 1.54) is 0 Å². The maximum absolute atomic E-state index is 11.9. The molecule has 0 saturated carbocycles. The highest BCUT2D eigenvalue weighted by Crippen LogP contribution is 2.23. The van der Waals surface area contributed by atoms with Crippen molar-refractivity contribution in [2.45, 2.75) is 6.54 Å². The molecule has 1 N–H and O–H groups in total. The van der Waals surface area contributed by atoms with E-state index in [-0.39, 0.29) is 11.5 Å². The highest BCUT2D eigenvalue weighted by Gasteiger charge is 2.20. The predicted octanol–water partition coefficient (Wildman–Crippen LogP) is 1.22. The smallest absolute Gasteiger partial charge is 0.336 e. The van der Waals surface area contributed by atoms with Gasteiger partial charge in [-0.05, 0) is 17.7 Å². The van der Waals surface area contributed by atoms with Gasteiger partial charge in [-0.25, -0.2) is 4.79 Å². The van der Waals surface area contributed by atoms with Crippen molar-refractivity contribution in [3.05, 3.63) is 52.9 Å². The molecule has 2 heterocycles. The number of fused-ring (bicyclic) bond motifs is 1. The molecule has 1 aliphatic heterocycles. The molecule has 1 saturated heterocycles. The summed E-state index contributed by atoms with van der Waals surface area (Å²) in [7, 11) is 1.58. The van der Waals surface area contributed by atoms with Crippen molar-refractivity contribution in [2.24, 2.45) is 0 Å². The maximum Gasteiger partial charge on any atom is 0.336 e. The van der Waals surface area contributed by atoms with Crippen LogP contribution >= 0.6 is 0 Å². The summed E-state index contributed by atoms with van der Waals surface area (Å²) in [5, 5.41) is 3.72. The van der Waals surface area contributed by atoms with Crippen LogP contribution < -0.4 is 15.7 Å². The van der Waals surface area contributed by atoms with Gasteiger partial charge >= 0.3 is 5.63 Å². The van der Waals surface area contributed by atoms with E-state index in [9.17, 15) is 9.59 Å². The molecule has 0 unspecified atom stereocenters. The van der Waals surface area contributed by atoms with Crippen molar-refractivity contribution in [3.63, 3.8) is 0 Å². The minimum atomic E-state index is -0.358. The molecule has 7 heteroatoms. The lowest BCUT2D eigenvalue weighted by Crippen LogP contribution is -2.49. The summed E-state index contributed by atoms with van der Waals surface area (Å²) >= 11 is 0. The molecule has 1 aliphatic rings. The average Bonchev–Trinajstić information content (AvgIpc) is 2.67. The third-order valence-electron chi connectivity index (χ3n) is 4.71. The number of carbonyl (C=O) groups excluding carboxylic acids is 1. The minimum Gasteiger partial charge on any atom is -0.497 e. The predicted molar refractivity (Wildman–Crippen MR) is 104 cm³/mol. The Labute approximate surface area is 158 Å². The van der Waals surface area contributed by atoms with Gasteiger partial charge in [0.05, 0.1) is 13.7 Å². The second-order valence-corrected chi connectivity index (χ2v) is 6.60. The molecule has 27 heavy (non-hydrogen) atoms. The van der Waals surface area contributed by atoms with E-state index in [1.807, 2.05) is 12.1 Å². The molecule has 1 fully saturated rings. The van der Waals surface area contributed by atoms with Crippen LogP contribution in [0.1, 0.15) is 5.56 Å². The number of rotatable bonds is 7. The van der Waals surface area contributed by atoms with Gasteiger partial charge in [-0.1, -0.05) is 6.08 Å². The van der Waals surface area contributed by atoms with Crippen LogP contribution in [0.3, 0.4) is 0 Å². The van der Waals surface area contributed by atoms with Crippen molar-refractivity contribution in [1.82, 2.24) is 15.1 Å². The highest BCUT2D eigenvalue weighted by atomic mass is 16.5. The molecule has 0 aliphatic carbocycles. The lowest BCUT2D eigenvalue weighted by Gasteiger charge is -2.34. The monoisotopic (exact) mass is 371 g/mol. The zero-order valence-electron chi connectivity index (χ0n) is 15.6. The molecule has 7 nitrogen and oxygen atoms in total. The molecule has 0 radical (unpaired) electrons. The van der Waals surface area contributed by atoms with Gasteiger partial charge in [0.1, 0.15) is 11.3 Å². The Hall–Kier alpha value is -2.64. The standard InChI is InChI=1S/C20H25N3O4/c1-3-6-21-19(24)14-23-9-7-22(8-10-23)13-15-11-20(25)27-18-12-16(26-2)4-5-17(15)18/h3-5,11-12H,1,6-10,13-14H2,2H3,(H,21,24). The van der Waals surface area contributed by atoms with Gasteiger partial charge in [-0.2, -0.15) is 0 Å². The van der Waals surface area contributed by atoms with Crippen molar-refractivity contribution < 1.29 is 13.9 Å². The summed E-state index contributed by atoms with van der Waals surface area (Å²) < 4.78 is 10.5. The number of hydrogen-bond acceptors (Lipinski definition) is 6. The van der Waals surface area contributed by atoms with Gasteiger partial charge in [0.25, 0.3) is 0 Å². The second-order valence-electron chi connectivity index (χ2n) is 6.60. The van der Waals surface area contributed by atoms with E-state index in [0.29, 0.717) is 31.0 Å². The molecule has 144 valence electrons. The van der Waals surface area contributed by atoms with Gasteiger partial charge < -0.3 is 14.5 Å². The first kappa shape index (κ1) is 19.1. The lowest BCUT2D eigenvalue weighted by atomic mass is 10.1. The summed E-state index contributed by atoms with van der Waals surface area (Å²) in [4.78, 5) is 28.2. The average molecular weight is 371 g/mol. The van der Waals surface area contributed by atoms with Crippen molar-refractivity contribution in [1.29, 1.82) is 0 Å². The van der Waals surface area contributed by atoms with Crippen LogP contribution in [0.5, 0.6) is 5.75 Å². The number of amides is 1. The third kappa shape index (κ3) is 4.96. The number of carbonyl (C=O) groups is 1. The molecule has 1 aromatic carbocycles. The number of benzene rings is 1. The first-order valence-electron chi connectivity index (χ1n) is 9.02. The Morgan fingerprint density at radius 2 is 2.00 bits per heavy atom. The van der Waals surface area contributed by atoms with Crippen LogP contribution in [-0.4, -0.2) is 62.1 Å². The number of hydrogen-bond donors (Lipinski definition) is 1. The van der Waals surface area contributed by atoms with Crippen LogP contribution in [-0.2, 0) is 11.3 Å². The molecule has 1 aromatic heterocycles. The molecule has 0 atom stereocenters. The summed E-state index contributed by atoms with van der Waals surface area (Å²) in [6.07, 6.45) is 1.67. The lowest BCUT2D eigenvalue weighted by molar-refractivity contribution is -0.122. The van der Waals surface area contributed by atoms with Crippen LogP contribution in [0.2, 0.25) is 0 Å². The molecule has 1 amide bonds. The van der Waals surface area contributed by atoms with Gasteiger partial charge in [0.2, 0.25) is 5.91 Å². The maximum atomic E-state index is 11.9. The molecule has 0 spiro atoms. The van der Waals surface area contributed by atoms with Gasteiger partial charge in [-0.3, -0.25) is 14.6 Å². The Balaban J connectivity index is 1.63. The number of nitrogens with zero attached hydrogens (tertiary/aromatic N) is 2. The fraction of sp³-hybridized carbons (Fsp3) is 0.400. The summed E-state index contributed by atoms with van der Waals surface area (Å²) in [6.45, 7) is 8.47. The number of piperazine rings is 1. The quantitative estimate of drug-likeness (QED) is 0.583. The van der Waals surface area contributed by atoms with Crippen molar-refractivity contribution >= 4 is 16.9 Å².